The fraction of sp³-hybridized carbons (Fsp3) is 0.600. The third-order valence-electron chi connectivity index (χ3n) is 2.02. The SMILES string of the molecule is CN(CCCCO)Cc1csc(Br)c1. The van der Waals surface area contributed by atoms with Crippen LogP contribution < -0.4 is 0 Å². The lowest BCUT2D eigenvalue weighted by Gasteiger charge is -2.14. The van der Waals surface area contributed by atoms with Gasteiger partial charge in [0.1, 0.15) is 0 Å². The Balaban J connectivity index is 2.23. The van der Waals surface area contributed by atoms with Gasteiger partial charge in [-0.05, 0) is 59.4 Å². The smallest absolute Gasteiger partial charge is 0.0701 e. The molecule has 0 amide bonds. The van der Waals surface area contributed by atoms with Crippen molar-refractivity contribution in [2.75, 3.05) is 20.2 Å². The van der Waals surface area contributed by atoms with Crippen molar-refractivity contribution < 1.29 is 5.11 Å². The maximum absolute atomic E-state index is 8.65. The summed E-state index contributed by atoms with van der Waals surface area (Å²) in [7, 11) is 2.11. The second-order valence-electron chi connectivity index (χ2n) is 3.43. The van der Waals surface area contributed by atoms with Crippen molar-refractivity contribution in [3.05, 3.63) is 20.8 Å². The Morgan fingerprint density at radius 3 is 2.86 bits per heavy atom. The van der Waals surface area contributed by atoms with Crippen LogP contribution in [-0.4, -0.2) is 30.2 Å². The quantitative estimate of drug-likeness (QED) is 0.809. The third-order valence-corrected chi connectivity index (χ3v) is 3.58. The third kappa shape index (κ3) is 4.55. The van der Waals surface area contributed by atoms with Crippen molar-refractivity contribution in [2.45, 2.75) is 19.4 Å². The molecule has 4 heteroatoms. The first-order chi connectivity index (χ1) is 6.72. The minimum Gasteiger partial charge on any atom is -0.396 e. The molecule has 0 radical (unpaired) electrons. The van der Waals surface area contributed by atoms with Crippen LogP contribution in [0, 0.1) is 0 Å². The Labute approximate surface area is 97.7 Å². The minimum atomic E-state index is 0.303. The molecule has 1 aromatic heterocycles. The van der Waals surface area contributed by atoms with Crippen LogP contribution in [0.5, 0.6) is 0 Å². The molecule has 0 aromatic carbocycles. The van der Waals surface area contributed by atoms with Gasteiger partial charge in [0, 0.05) is 13.2 Å². The van der Waals surface area contributed by atoms with Gasteiger partial charge in [0.05, 0.1) is 3.79 Å². The van der Waals surface area contributed by atoms with Crippen molar-refractivity contribution in [2.24, 2.45) is 0 Å². The van der Waals surface area contributed by atoms with E-state index in [-0.39, 0.29) is 0 Å². The summed E-state index contributed by atoms with van der Waals surface area (Å²) in [6, 6.07) is 2.16. The molecule has 0 saturated carbocycles. The lowest BCUT2D eigenvalue weighted by Crippen LogP contribution is -2.18. The molecule has 0 spiro atoms. The molecule has 14 heavy (non-hydrogen) atoms. The monoisotopic (exact) mass is 277 g/mol. The van der Waals surface area contributed by atoms with Gasteiger partial charge in [0.15, 0.2) is 0 Å². The zero-order chi connectivity index (χ0) is 10.4. The standard InChI is InChI=1S/C10H16BrNOS/c1-12(4-2-3-5-13)7-9-6-10(11)14-8-9/h6,8,13H,2-5,7H2,1H3. The predicted octanol–water partition coefficient (Wildman–Crippen LogP) is 2.71. The molecule has 0 aliphatic carbocycles. The van der Waals surface area contributed by atoms with Crippen molar-refractivity contribution in [1.82, 2.24) is 4.90 Å². The Kier molecular flexibility index (Phi) is 5.70. The van der Waals surface area contributed by atoms with Crippen LogP contribution in [-0.2, 0) is 6.54 Å². The van der Waals surface area contributed by atoms with Gasteiger partial charge >= 0.3 is 0 Å². The molecule has 0 aliphatic rings. The first kappa shape index (κ1) is 12.2. The largest absolute Gasteiger partial charge is 0.396 e. The molecule has 0 saturated heterocycles. The number of rotatable bonds is 6. The summed E-state index contributed by atoms with van der Waals surface area (Å²) < 4.78 is 1.19. The number of unbranched alkanes of at least 4 members (excludes halogenated alkanes) is 1. The number of nitrogens with zero attached hydrogens (tertiary/aromatic N) is 1. The highest BCUT2D eigenvalue weighted by atomic mass is 79.9. The highest BCUT2D eigenvalue weighted by Gasteiger charge is 2.01. The van der Waals surface area contributed by atoms with E-state index in [1.165, 1.54) is 9.35 Å². The van der Waals surface area contributed by atoms with Crippen LogP contribution in [0.15, 0.2) is 15.2 Å². The molecule has 0 fully saturated rings. The van der Waals surface area contributed by atoms with E-state index in [0.717, 1.165) is 25.9 Å². The van der Waals surface area contributed by atoms with Crippen LogP contribution in [0.25, 0.3) is 0 Å². The molecule has 1 rings (SSSR count). The van der Waals surface area contributed by atoms with E-state index in [1.807, 2.05) is 0 Å². The first-order valence-corrected chi connectivity index (χ1v) is 6.42. The molecule has 1 heterocycles. The van der Waals surface area contributed by atoms with Gasteiger partial charge in [0.2, 0.25) is 0 Å². The molecular formula is C10H16BrNOS. The van der Waals surface area contributed by atoms with Crippen molar-refractivity contribution >= 4 is 27.3 Å². The van der Waals surface area contributed by atoms with E-state index in [9.17, 15) is 0 Å². The van der Waals surface area contributed by atoms with Crippen LogP contribution in [0.2, 0.25) is 0 Å². The normalized spacial score (nSPS) is 11.1. The first-order valence-electron chi connectivity index (χ1n) is 4.74. The van der Waals surface area contributed by atoms with E-state index in [4.69, 9.17) is 5.11 Å². The van der Waals surface area contributed by atoms with Gasteiger partial charge in [-0.25, -0.2) is 0 Å². The molecule has 1 aromatic rings. The number of halogens is 1. The van der Waals surface area contributed by atoms with E-state index in [2.05, 4.69) is 39.3 Å². The highest BCUT2D eigenvalue weighted by molar-refractivity contribution is 9.11. The van der Waals surface area contributed by atoms with E-state index in [1.54, 1.807) is 11.3 Å². The van der Waals surface area contributed by atoms with Gasteiger partial charge in [-0.3, -0.25) is 0 Å². The number of thiophene rings is 1. The number of aliphatic hydroxyl groups excluding tert-OH is 1. The molecule has 0 unspecified atom stereocenters. The van der Waals surface area contributed by atoms with Crippen molar-refractivity contribution in [3.63, 3.8) is 0 Å². The molecule has 2 nitrogen and oxygen atoms in total. The molecule has 0 bridgehead atoms. The lowest BCUT2D eigenvalue weighted by molar-refractivity contribution is 0.261. The van der Waals surface area contributed by atoms with Gasteiger partial charge in [-0.1, -0.05) is 0 Å². The highest BCUT2D eigenvalue weighted by Crippen LogP contribution is 2.21. The summed E-state index contributed by atoms with van der Waals surface area (Å²) in [5.41, 5.74) is 1.35. The number of hydrogen-bond donors (Lipinski definition) is 1. The summed E-state index contributed by atoms with van der Waals surface area (Å²) in [5, 5.41) is 10.8. The maximum atomic E-state index is 8.65. The van der Waals surface area contributed by atoms with Gasteiger partial charge in [-0.15, -0.1) is 11.3 Å². The van der Waals surface area contributed by atoms with E-state index in [0.29, 0.717) is 6.61 Å². The zero-order valence-corrected chi connectivity index (χ0v) is 10.8. The van der Waals surface area contributed by atoms with Gasteiger partial charge in [-0.2, -0.15) is 0 Å². The van der Waals surface area contributed by atoms with Crippen LogP contribution in [0.4, 0.5) is 0 Å². The van der Waals surface area contributed by atoms with E-state index >= 15 is 0 Å². The van der Waals surface area contributed by atoms with Crippen LogP contribution >= 0.6 is 27.3 Å². The van der Waals surface area contributed by atoms with Gasteiger partial charge < -0.3 is 10.0 Å². The summed E-state index contributed by atoms with van der Waals surface area (Å²) in [4.78, 5) is 2.28. The van der Waals surface area contributed by atoms with Crippen molar-refractivity contribution in [1.29, 1.82) is 0 Å². The van der Waals surface area contributed by atoms with Crippen LogP contribution in [0.3, 0.4) is 0 Å². The second kappa shape index (κ2) is 6.56. The molecular weight excluding hydrogens is 262 g/mol. The summed E-state index contributed by atoms with van der Waals surface area (Å²) >= 11 is 5.18. The summed E-state index contributed by atoms with van der Waals surface area (Å²) in [5.74, 6) is 0. The second-order valence-corrected chi connectivity index (χ2v) is 5.72. The summed E-state index contributed by atoms with van der Waals surface area (Å²) in [6.45, 7) is 2.35. The minimum absolute atomic E-state index is 0.303. The Morgan fingerprint density at radius 1 is 1.50 bits per heavy atom. The summed E-state index contributed by atoms with van der Waals surface area (Å²) in [6.07, 6.45) is 1.97. The predicted molar refractivity (Wildman–Crippen MR) is 64.7 cm³/mol. The van der Waals surface area contributed by atoms with Gasteiger partial charge in [0.25, 0.3) is 0 Å². The zero-order valence-electron chi connectivity index (χ0n) is 8.37. The topological polar surface area (TPSA) is 23.5 Å². The molecule has 0 atom stereocenters. The molecule has 80 valence electrons. The fourth-order valence-electron chi connectivity index (χ4n) is 1.31. The average molecular weight is 278 g/mol. The maximum Gasteiger partial charge on any atom is 0.0701 e. The number of aliphatic hydroxyl groups is 1. The average Bonchev–Trinajstić information content (AvgIpc) is 2.52. The van der Waals surface area contributed by atoms with E-state index < -0.39 is 0 Å². The fourth-order valence-corrected chi connectivity index (χ4v) is 2.51. The lowest BCUT2D eigenvalue weighted by atomic mass is 10.3. The van der Waals surface area contributed by atoms with Crippen molar-refractivity contribution in [3.8, 4) is 0 Å². The van der Waals surface area contributed by atoms with Crippen LogP contribution in [0.1, 0.15) is 18.4 Å². The Morgan fingerprint density at radius 2 is 2.29 bits per heavy atom. The molecule has 1 N–H and O–H groups in total. The molecule has 0 aliphatic heterocycles. The Bertz CT molecular complexity index is 264. The number of hydrogen-bond acceptors (Lipinski definition) is 3. The Hall–Kier alpha value is 0.100.